The highest BCUT2D eigenvalue weighted by Crippen LogP contribution is 2.14. The first-order valence-electron chi connectivity index (χ1n) is 6.42. The van der Waals surface area contributed by atoms with Crippen molar-refractivity contribution >= 4 is 23.0 Å². The summed E-state index contributed by atoms with van der Waals surface area (Å²) in [7, 11) is 0. The SMILES string of the molecule is S=C(NNC1=CCCCCC1)Nc1ccccc1. The van der Waals surface area contributed by atoms with Gasteiger partial charge >= 0.3 is 0 Å². The van der Waals surface area contributed by atoms with Crippen LogP contribution in [0.25, 0.3) is 0 Å². The van der Waals surface area contributed by atoms with Crippen molar-refractivity contribution in [2.24, 2.45) is 0 Å². The Morgan fingerprint density at radius 1 is 1.06 bits per heavy atom. The predicted molar refractivity (Wildman–Crippen MR) is 80.1 cm³/mol. The minimum absolute atomic E-state index is 0.589. The van der Waals surface area contributed by atoms with E-state index in [0.29, 0.717) is 5.11 Å². The summed E-state index contributed by atoms with van der Waals surface area (Å²) in [6.07, 6.45) is 8.36. The van der Waals surface area contributed by atoms with Crippen LogP contribution in [0.15, 0.2) is 42.1 Å². The van der Waals surface area contributed by atoms with Gasteiger partial charge in [0.2, 0.25) is 0 Å². The zero-order valence-electron chi connectivity index (χ0n) is 10.4. The molecule has 1 aromatic rings. The van der Waals surface area contributed by atoms with Crippen LogP contribution in [0.1, 0.15) is 32.1 Å². The lowest BCUT2D eigenvalue weighted by atomic mass is 10.2. The van der Waals surface area contributed by atoms with Crippen LogP contribution in [0.3, 0.4) is 0 Å². The van der Waals surface area contributed by atoms with Crippen LogP contribution in [-0.4, -0.2) is 5.11 Å². The van der Waals surface area contributed by atoms with E-state index in [1.54, 1.807) is 0 Å². The molecule has 0 saturated heterocycles. The van der Waals surface area contributed by atoms with Gasteiger partial charge in [-0.25, -0.2) is 0 Å². The Bertz CT molecular complexity index is 414. The molecule has 0 atom stereocenters. The van der Waals surface area contributed by atoms with Crippen molar-refractivity contribution in [3.63, 3.8) is 0 Å². The first-order valence-corrected chi connectivity index (χ1v) is 6.82. The van der Waals surface area contributed by atoms with Crippen molar-refractivity contribution in [1.82, 2.24) is 10.9 Å². The summed E-state index contributed by atoms with van der Waals surface area (Å²) in [5.41, 5.74) is 8.45. The van der Waals surface area contributed by atoms with E-state index in [9.17, 15) is 0 Å². The van der Waals surface area contributed by atoms with Crippen molar-refractivity contribution in [2.45, 2.75) is 32.1 Å². The van der Waals surface area contributed by atoms with Crippen molar-refractivity contribution in [2.75, 3.05) is 5.32 Å². The third-order valence-electron chi connectivity index (χ3n) is 2.91. The van der Waals surface area contributed by atoms with E-state index in [4.69, 9.17) is 12.2 Å². The van der Waals surface area contributed by atoms with Crippen LogP contribution in [0.2, 0.25) is 0 Å². The maximum Gasteiger partial charge on any atom is 0.189 e. The molecule has 0 amide bonds. The molecule has 1 aromatic carbocycles. The maximum atomic E-state index is 5.23. The fourth-order valence-electron chi connectivity index (χ4n) is 1.95. The van der Waals surface area contributed by atoms with Gasteiger partial charge in [-0.3, -0.25) is 5.43 Å². The molecule has 0 unspecified atom stereocenters. The van der Waals surface area contributed by atoms with Gasteiger partial charge in [0, 0.05) is 11.4 Å². The van der Waals surface area contributed by atoms with E-state index in [2.05, 4.69) is 22.2 Å². The van der Waals surface area contributed by atoms with E-state index in [0.717, 1.165) is 18.5 Å². The van der Waals surface area contributed by atoms with Gasteiger partial charge in [-0.05, 0) is 50.0 Å². The lowest BCUT2D eigenvalue weighted by Gasteiger charge is -2.14. The van der Waals surface area contributed by atoms with Crippen LogP contribution in [0.5, 0.6) is 0 Å². The molecule has 2 rings (SSSR count). The number of hydrogen-bond acceptors (Lipinski definition) is 2. The van der Waals surface area contributed by atoms with Gasteiger partial charge in [-0.1, -0.05) is 30.7 Å². The van der Waals surface area contributed by atoms with Gasteiger partial charge in [-0.15, -0.1) is 0 Å². The standard InChI is InChI=1S/C14H19N3S/c18-14(15-12-8-6-3-7-9-12)17-16-13-10-4-1-2-5-11-13/h3,6-10,16H,1-2,4-5,11H2,(H2,15,17,18). The van der Waals surface area contributed by atoms with Gasteiger partial charge in [0.25, 0.3) is 0 Å². The molecule has 3 nitrogen and oxygen atoms in total. The van der Waals surface area contributed by atoms with Crippen LogP contribution < -0.4 is 16.2 Å². The van der Waals surface area contributed by atoms with Crippen molar-refractivity contribution in [3.8, 4) is 0 Å². The highest BCUT2D eigenvalue weighted by atomic mass is 32.1. The predicted octanol–water partition coefficient (Wildman–Crippen LogP) is 3.33. The van der Waals surface area contributed by atoms with Crippen LogP contribution in [-0.2, 0) is 0 Å². The molecule has 1 aliphatic carbocycles. The van der Waals surface area contributed by atoms with Crippen molar-refractivity contribution in [3.05, 3.63) is 42.1 Å². The quantitative estimate of drug-likeness (QED) is 0.576. The normalized spacial score (nSPS) is 15.2. The second kappa shape index (κ2) is 7.01. The number of anilines is 1. The Kier molecular flexibility index (Phi) is 5.02. The zero-order valence-corrected chi connectivity index (χ0v) is 11.2. The largest absolute Gasteiger partial charge is 0.331 e. The second-order valence-corrected chi connectivity index (χ2v) is 4.81. The zero-order chi connectivity index (χ0) is 12.6. The Morgan fingerprint density at radius 2 is 1.89 bits per heavy atom. The number of nitrogens with one attached hydrogen (secondary N) is 3. The van der Waals surface area contributed by atoms with Gasteiger partial charge in [0.05, 0.1) is 0 Å². The Morgan fingerprint density at radius 3 is 2.72 bits per heavy atom. The average molecular weight is 261 g/mol. The van der Waals surface area contributed by atoms with Gasteiger partial charge in [0.15, 0.2) is 5.11 Å². The molecular weight excluding hydrogens is 242 g/mol. The van der Waals surface area contributed by atoms with Crippen LogP contribution in [0, 0.1) is 0 Å². The lowest BCUT2D eigenvalue weighted by molar-refractivity contribution is 0.669. The fourth-order valence-corrected chi connectivity index (χ4v) is 2.12. The highest BCUT2D eigenvalue weighted by Gasteiger charge is 2.02. The Hall–Kier alpha value is -1.55. The number of benzene rings is 1. The summed E-state index contributed by atoms with van der Waals surface area (Å²) in [6, 6.07) is 9.91. The molecule has 0 heterocycles. The first kappa shape index (κ1) is 12.9. The fraction of sp³-hybridized carbons (Fsp3) is 0.357. The van der Waals surface area contributed by atoms with E-state index >= 15 is 0 Å². The minimum Gasteiger partial charge on any atom is -0.331 e. The number of allylic oxidation sites excluding steroid dienone is 2. The Balaban J connectivity index is 1.76. The van der Waals surface area contributed by atoms with Gasteiger partial charge in [0.1, 0.15) is 0 Å². The molecule has 0 radical (unpaired) electrons. The number of rotatable bonds is 3. The smallest absolute Gasteiger partial charge is 0.189 e. The van der Waals surface area contributed by atoms with Crippen LogP contribution in [0.4, 0.5) is 5.69 Å². The molecule has 0 aliphatic heterocycles. The monoisotopic (exact) mass is 261 g/mol. The summed E-state index contributed by atoms with van der Waals surface area (Å²) in [5.74, 6) is 0. The van der Waals surface area contributed by atoms with E-state index in [-0.39, 0.29) is 0 Å². The van der Waals surface area contributed by atoms with E-state index in [1.807, 2.05) is 30.3 Å². The molecule has 3 N–H and O–H groups in total. The van der Waals surface area contributed by atoms with Crippen molar-refractivity contribution in [1.29, 1.82) is 0 Å². The summed E-state index contributed by atoms with van der Waals surface area (Å²) >= 11 is 5.23. The summed E-state index contributed by atoms with van der Waals surface area (Å²) in [4.78, 5) is 0. The van der Waals surface area contributed by atoms with Gasteiger partial charge < -0.3 is 10.7 Å². The molecule has 0 aromatic heterocycles. The number of para-hydroxylation sites is 1. The number of hydrazine groups is 1. The second-order valence-electron chi connectivity index (χ2n) is 4.40. The molecule has 0 saturated carbocycles. The molecule has 1 aliphatic rings. The summed E-state index contributed by atoms with van der Waals surface area (Å²) < 4.78 is 0. The molecule has 0 fully saturated rings. The molecule has 0 spiro atoms. The van der Waals surface area contributed by atoms with Crippen LogP contribution >= 0.6 is 12.2 Å². The number of thiocarbonyl (C=S) groups is 1. The summed E-state index contributed by atoms with van der Waals surface area (Å²) in [6.45, 7) is 0. The first-order chi connectivity index (χ1) is 8.84. The molecule has 4 heteroatoms. The lowest BCUT2D eigenvalue weighted by Crippen LogP contribution is -2.39. The topological polar surface area (TPSA) is 36.1 Å². The van der Waals surface area contributed by atoms with Gasteiger partial charge in [-0.2, -0.15) is 0 Å². The van der Waals surface area contributed by atoms with E-state index < -0.39 is 0 Å². The maximum absolute atomic E-state index is 5.23. The highest BCUT2D eigenvalue weighted by molar-refractivity contribution is 7.80. The molecular formula is C14H19N3S. The van der Waals surface area contributed by atoms with E-state index in [1.165, 1.54) is 25.0 Å². The third-order valence-corrected chi connectivity index (χ3v) is 3.11. The average Bonchev–Trinajstić information content (AvgIpc) is 2.66. The Labute approximate surface area is 114 Å². The molecule has 96 valence electrons. The number of hydrogen-bond donors (Lipinski definition) is 3. The van der Waals surface area contributed by atoms with Crippen molar-refractivity contribution < 1.29 is 0 Å². The molecule has 18 heavy (non-hydrogen) atoms. The summed E-state index contributed by atoms with van der Waals surface area (Å²) in [5, 5.41) is 3.72. The molecule has 0 bridgehead atoms. The minimum atomic E-state index is 0.589. The third kappa shape index (κ3) is 4.37.